The normalized spacial score (nSPS) is 22.0. The van der Waals surface area contributed by atoms with Crippen LogP contribution in [0, 0.1) is 12.8 Å². The fourth-order valence-electron chi connectivity index (χ4n) is 3.99. The molecule has 3 rings (SSSR count). The smallest absolute Gasteiger partial charge is 0.146 e. The first kappa shape index (κ1) is 17.1. The van der Waals surface area contributed by atoms with Crippen LogP contribution in [0.25, 0.3) is 0 Å². The second-order valence-electron chi connectivity index (χ2n) is 6.78. The highest BCUT2D eigenvalue weighted by Gasteiger charge is 2.30. The van der Waals surface area contributed by atoms with E-state index in [9.17, 15) is 0 Å². The van der Waals surface area contributed by atoms with Gasteiger partial charge in [-0.2, -0.15) is 0 Å². The quantitative estimate of drug-likeness (QED) is 0.886. The minimum absolute atomic E-state index is 0.498. The molecule has 2 heterocycles. The molecule has 1 fully saturated rings. The summed E-state index contributed by atoms with van der Waals surface area (Å²) in [6.45, 7) is 8.06. The van der Waals surface area contributed by atoms with Crippen molar-refractivity contribution in [2.45, 2.75) is 45.8 Å². The maximum atomic E-state index is 4.30. The van der Waals surface area contributed by atoms with Gasteiger partial charge in [0.15, 0.2) is 0 Å². The zero-order chi connectivity index (χ0) is 16.9. The molecule has 2 aromatic rings. The van der Waals surface area contributed by atoms with Crippen molar-refractivity contribution in [2.24, 2.45) is 5.92 Å². The first-order valence-electron chi connectivity index (χ1n) is 9.05. The predicted molar refractivity (Wildman–Crippen MR) is 96.7 cm³/mol. The standard InChI is InChI=1S/C19H29N5/c1-4-24-15(2)21-22-18(24)14-20-13-17-11-8-12-23(3)19(17)16-9-6-5-7-10-16/h5-7,9-10,17,19-20H,4,8,11-14H2,1-3H3/t17-,19-/m1/s1. The minimum atomic E-state index is 0.498. The number of benzene rings is 1. The van der Waals surface area contributed by atoms with Gasteiger partial charge in [-0.1, -0.05) is 30.3 Å². The second kappa shape index (κ2) is 7.90. The average molecular weight is 327 g/mol. The summed E-state index contributed by atoms with van der Waals surface area (Å²) >= 11 is 0. The third-order valence-electron chi connectivity index (χ3n) is 5.17. The highest BCUT2D eigenvalue weighted by molar-refractivity contribution is 5.20. The fraction of sp³-hybridized carbons (Fsp3) is 0.579. The Bertz CT molecular complexity index is 636. The summed E-state index contributed by atoms with van der Waals surface area (Å²) in [5.41, 5.74) is 1.43. The molecule has 5 nitrogen and oxygen atoms in total. The molecule has 1 aliphatic heterocycles. The molecule has 2 atom stereocenters. The van der Waals surface area contributed by atoms with Crippen molar-refractivity contribution in [3.63, 3.8) is 0 Å². The van der Waals surface area contributed by atoms with Gasteiger partial charge in [-0.25, -0.2) is 0 Å². The van der Waals surface area contributed by atoms with E-state index < -0.39 is 0 Å². The molecule has 1 aromatic heterocycles. The molecule has 0 saturated carbocycles. The molecule has 1 aromatic carbocycles. The Morgan fingerprint density at radius 1 is 1.21 bits per heavy atom. The molecule has 0 bridgehead atoms. The van der Waals surface area contributed by atoms with Crippen molar-refractivity contribution < 1.29 is 0 Å². The number of aryl methyl sites for hydroxylation is 1. The Balaban J connectivity index is 1.64. The van der Waals surface area contributed by atoms with Crippen molar-refractivity contribution in [3.8, 4) is 0 Å². The molecule has 0 spiro atoms. The lowest BCUT2D eigenvalue weighted by Crippen LogP contribution is -2.40. The van der Waals surface area contributed by atoms with Gasteiger partial charge in [-0.3, -0.25) is 4.90 Å². The maximum Gasteiger partial charge on any atom is 0.146 e. The van der Waals surface area contributed by atoms with Gasteiger partial charge in [0.1, 0.15) is 11.6 Å². The van der Waals surface area contributed by atoms with Gasteiger partial charge < -0.3 is 9.88 Å². The van der Waals surface area contributed by atoms with Crippen LogP contribution in [-0.2, 0) is 13.1 Å². The van der Waals surface area contributed by atoms with Gasteiger partial charge in [0, 0.05) is 19.1 Å². The van der Waals surface area contributed by atoms with E-state index in [4.69, 9.17) is 0 Å². The summed E-state index contributed by atoms with van der Waals surface area (Å²) < 4.78 is 2.18. The minimum Gasteiger partial charge on any atom is -0.314 e. The Morgan fingerprint density at radius 3 is 2.75 bits per heavy atom. The summed E-state index contributed by atoms with van der Waals surface area (Å²) in [4.78, 5) is 2.50. The highest BCUT2D eigenvalue weighted by Crippen LogP contribution is 2.34. The van der Waals surface area contributed by atoms with Crippen LogP contribution in [0.5, 0.6) is 0 Å². The Hall–Kier alpha value is -1.72. The van der Waals surface area contributed by atoms with Gasteiger partial charge in [-0.15, -0.1) is 10.2 Å². The first-order valence-corrected chi connectivity index (χ1v) is 9.05. The van der Waals surface area contributed by atoms with E-state index in [0.29, 0.717) is 12.0 Å². The van der Waals surface area contributed by atoms with Crippen LogP contribution in [0.15, 0.2) is 30.3 Å². The number of piperidine rings is 1. The predicted octanol–water partition coefficient (Wildman–Crippen LogP) is 2.78. The summed E-state index contributed by atoms with van der Waals surface area (Å²) in [5.74, 6) is 2.66. The van der Waals surface area contributed by atoms with Crippen molar-refractivity contribution in [1.29, 1.82) is 0 Å². The van der Waals surface area contributed by atoms with Crippen molar-refractivity contribution >= 4 is 0 Å². The molecule has 0 unspecified atom stereocenters. The monoisotopic (exact) mass is 327 g/mol. The van der Waals surface area contributed by atoms with Crippen molar-refractivity contribution in [3.05, 3.63) is 47.5 Å². The molecule has 0 radical (unpaired) electrons. The second-order valence-corrected chi connectivity index (χ2v) is 6.78. The van der Waals surface area contributed by atoms with Gasteiger partial charge >= 0.3 is 0 Å². The van der Waals surface area contributed by atoms with Crippen molar-refractivity contribution in [2.75, 3.05) is 20.1 Å². The van der Waals surface area contributed by atoms with E-state index >= 15 is 0 Å². The third kappa shape index (κ3) is 3.68. The number of rotatable bonds is 6. The molecule has 24 heavy (non-hydrogen) atoms. The molecule has 1 aliphatic rings. The average Bonchev–Trinajstić information content (AvgIpc) is 2.95. The number of nitrogens with zero attached hydrogens (tertiary/aromatic N) is 4. The van der Waals surface area contributed by atoms with Crippen LogP contribution >= 0.6 is 0 Å². The molecule has 5 heteroatoms. The van der Waals surface area contributed by atoms with E-state index in [-0.39, 0.29) is 0 Å². The Labute approximate surface area is 145 Å². The van der Waals surface area contributed by atoms with Gasteiger partial charge in [0.25, 0.3) is 0 Å². The molecular formula is C19H29N5. The van der Waals surface area contributed by atoms with Crippen LogP contribution in [0.2, 0.25) is 0 Å². The lowest BCUT2D eigenvalue weighted by Gasteiger charge is -2.39. The van der Waals surface area contributed by atoms with Gasteiger partial charge in [-0.05, 0) is 51.8 Å². The van der Waals surface area contributed by atoms with E-state index in [1.54, 1.807) is 0 Å². The molecular weight excluding hydrogens is 298 g/mol. The van der Waals surface area contributed by atoms with Crippen LogP contribution in [0.4, 0.5) is 0 Å². The molecule has 130 valence electrons. The lowest BCUT2D eigenvalue weighted by atomic mass is 9.85. The van der Waals surface area contributed by atoms with Gasteiger partial charge in [0.2, 0.25) is 0 Å². The first-order chi connectivity index (χ1) is 11.7. The summed E-state index contributed by atoms with van der Waals surface area (Å²) in [5, 5.41) is 12.1. The Morgan fingerprint density at radius 2 is 2.00 bits per heavy atom. The number of aromatic nitrogens is 3. The fourth-order valence-corrected chi connectivity index (χ4v) is 3.99. The number of nitrogens with one attached hydrogen (secondary N) is 1. The van der Waals surface area contributed by atoms with E-state index in [1.807, 2.05) is 6.92 Å². The topological polar surface area (TPSA) is 46.0 Å². The molecule has 1 N–H and O–H groups in total. The SMILES string of the molecule is CCn1c(C)nnc1CNC[C@H]1CCCN(C)[C@@H]1c1ccccc1. The van der Waals surface area contributed by atoms with Crippen molar-refractivity contribution in [1.82, 2.24) is 25.0 Å². The molecule has 0 aliphatic carbocycles. The number of hydrogen-bond acceptors (Lipinski definition) is 4. The maximum absolute atomic E-state index is 4.30. The van der Waals surface area contributed by atoms with Crippen LogP contribution in [0.3, 0.4) is 0 Å². The van der Waals surface area contributed by atoms with E-state index in [1.165, 1.54) is 24.9 Å². The summed E-state index contributed by atoms with van der Waals surface area (Å²) in [6.07, 6.45) is 2.55. The number of hydrogen-bond donors (Lipinski definition) is 1. The van der Waals surface area contributed by atoms with E-state index in [2.05, 4.69) is 69.3 Å². The lowest BCUT2D eigenvalue weighted by molar-refractivity contribution is 0.119. The summed E-state index contributed by atoms with van der Waals surface area (Å²) in [7, 11) is 2.25. The highest BCUT2D eigenvalue weighted by atomic mass is 15.3. The molecule has 1 saturated heterocycles. The largest absolute Gasteiger partial charge is 0.314 e. The zero-order valence-corrected chi connectivity index (χ0v) is 15.1. The van der Waals surface area contributed by atoms with Crippen LogP contribution in [0.1, 0.15) is 43.0 Å². The van der Waals surface area contributed by atoms with Gasteiger partial charge in [0.05, 0.1) is 6.54 Å². The van der Waals surface area contributed by atoms with Crippen LogP contribution in [-0.4, -0.2) is 39.8 Å². The van der Waals surface area contributed by atoms with E-state index in [0.717, 1.165) is 31.3 Å². The number of likely N-dealkylation sites (tertiary alicyclic amines) is 1. The Kier molecular flexibility index (Phi) is 5.63. The summed E-state index contributed by atoms with van der Waals surface area (Å²) in [6, 6.07) is 11.4. The zero-order valence-electron chi connectivity index (χ0n) is 15.1. The van der Waals surface area contributed by atoms with Crippen LogP contribution < -0.4 is 5.32 Å². The third-order valence-corrected chi connectivity index (χ3v) is 5.17. The molecule has 0 amide bonds.